The minimum atomic E-state index is -3.42. The van der Waals surface area contributed by atoms with E-state index in [0.29, 0.717) is 10.6 Å². The van der Waals surface area contributed by atoms with E-state index < -0.39 is 9.84 Å². The first-order valence-corrected chi connectivity index (χ1v) is 12.1. The molecule has 0 saturated heterocycles. The van der Waals surface area contributed by atoms with Gasteiger partial charge in [-0.3, -0.25) is 0 Å². The highest BCUT2D eigenvalue weighted by atomic mass is 32.2. The molecule has 6 heteroatoms. The Bertz CT molecular complexity index is 1190. The van der Waals surface area contributed by atoms with E-state index in [1.54, 1.807) is 80.6 Å². The zero-order chi connectivity index (χ0) is 22.8. The zero-order valence-electron chi connectivity index (χ0n) is 17.8. The van der Waals surface area contributed by atoms with Crippen molar-refractivity contribution in [2.75, 3.05) is 14.2 Å². The largest absolute Gasteiger partial charge is 0.497 e. The quantitative estimate of drug-likeness (QED) is 0.297. The van der Waals surface area contributed by atoms with Gasteiger partial charge in [0, 0.05) is 9.79 Å². The van der Waals surface area contributed by atoms with Crippen LogP contribution in [-0.4, -0.2) is 22.6 Å². The molecule has 4 aromatic rings. The summed E-state index contributed by atoms with van der Waals surface area (Å²) in [4.78, 5) is 3.04. The number of methoxy groups -OCH3 is 2. The highest BCUT2D eigenvalue weighted by molar-refractivity contribution is 7.99. The van der Waals surface area contributed by atoms with E-state index in [4.69, 9.17) is 9.47 Å². The van der Waals surface area contributed by atoms with E-state index in [-0.39, 0.29) is 12.3 Å². The number of ether oxygens (including phenoxy) is 2. The van der Waals surface area contributed by atoms with Crippen molar-refractivity contribution in [1.82, 2.24) is 0 Å². The molecule has 172 valence electrons. The number of benzene rings is 4. The van der Waals surface area contributed by atoms with Gasteiger partial charge in [0.2, 0.25) is 9.84 Å². The lowest BCUT2D eigenvalue weighted by Crippen LogP contribution is -2.01. The molecule has 0 radical (unpaired) electrons. The fourth-order valence-electron chi connectivity index (χ4n) is 2.76. The first kappa shape index (κ1) is 26.0. The maximum Gasteiger partial charge on any atom is 0.206 e. The van der Waals surface area contributed by atoms with Gasteiger partial charge in [-0.05, 0) is 72.8 Å². The fourth-order valence-corrected chi connectivity index (χ4v) is 4.88. The lowest BCUT2D eigenvalue weighted by Gasteiger charge is -2.05. The number of rotatable bonds is 6. The summed E-state index contributed by atoms with van der Waals surface area (Å²) < 4.78 is 34.5. The highest BCUT2D eigenvalue weighted by Crippen LogP contribution is 2.28. The summed E-state index contributed by atoms with van der Waals surface area (Å²) in [6.07, 6.45) is 0. The van der Waals surface area contributed by atoms with Crippen molar-refractivity contribution in [3.8, 4) is 11.5 Å². The van der Waals surface area contributed by atoms with Gasteiger partial charge in [0.25, 0.3) is 0 Å². The van der Waals surface area contributed by atoms with E-state index in [0.717, 1.165) is 5.75 Å². The molecule has 0 heterocycles. The number of sulfone groups is 1. The van der Waals surface area contributed by atoms with E-state index in [1.807, 2.05) is 30.3 Å². The second-order valence-corrected chi connectivity index (χ2v) is 9.68. The number of hydrogen-bond donors (Lipinski definition) is 0. The molecule has 0 aromatic heterocycles. The Morgan fingerprint density at radius 2 is 0.939 bits per heavy atom. The van der Waals surface area contributed by atoms with Crippen LogP contribution in [0, 0.1) is 0 Å². The summed E-state index contributed by atoms with van der Waals surface area (Å²) in [5, 5.41) is 0. The van der Waals surface area contributed by atoms with Crippen LogP contribution in [-0.2, 0) is 9.84 Å². The van der Waals surface area contributed by atoms with Crippen LogP contribution in [0.1, 0.15) is 7.43 Å². The molecule has 0 N–H and O–H groups in total. The topological polar surface area (TPSA) is 52.6 Å². The van der Waals surface area contributed by atoms with Gasteiger partial charge in [-0.2, -0.15) is 0 Å². The van der Waals surface area contributed by atoms with Crippen molar-refractivity contribution in [3.05, 3.63) is 109 Å². The van der Waals surface area contributed by atoms with Crippen LogP contribution in [0.3, 0.4) is 0 Å². The highest BCUT2D eigenvalue weighted by Gasteiger charge is 2.16. The van der Waals surface area contributed by atoms with Gasteiger partial charge in [-0.15, -0.1) is 0 Å². The van der Waals surface area contributed by atoms with E-state index in [2.05, 4.69) is 24.3 Å². The molecule has 0 aliphatic carbocycles. The van der Waals surface area contributed by atoms with Crippen LogP contribution >= 0.6 is 11.8 Å². The predicted molar refractivity (Wildman–Crippen MR) is 135 cm³/mol. The monoisotopic (exact) mass is 480 g/mol. The summed E-state index contributed by atoms with van der Waals surface area (Å²) in [7, 11) is -0.197. The van der Waals surface area contributed by atoms with Crippen molar-refractivity contribution in [3.63, 3.8) is 0 Å². The summed E-state index contributed by atoms with van der Waals surface area (Å²) >= 11 is 1.75. The molecule has 4 nitrogen and oxygen atoms in total. The Balaban J connectivity index is 0.000000228. The molecule has 4 rings (SSSR count). The molecule has 0 aliphatic heterocycles. The van der Waals surface area contributed by atoms with Crippen LogP contribution in [0.5, 0.6) is 11.5 Å². The molecule has 0 atom stereocenters. The summed E-state index contributed by atoms with van der Waals surface area (Å²) in [6.45, 7) is 0. The lowest BCUT2D eigenvalue weighted by molar-refractivity contribution is 0.414. The molecule has 0 aliphatic rings. The van der Waals surface area contributed by atoms with Crippen LogP contribution in [0.2, 0.25) is 0 Å². The van der Waals surface area contributed by atoms with Gasteiger partial charge >= 0.3 is 0 Å². The second-order valence-electron chi connectivity index (χ2n) is 6.58. The standard InChI is InChI=1S/C13H12O3S.C13H12OS.CH4/c1-16-11-7-9-13(10-8-11)17(14,15)12-5-3-2-4-6-12;1-14-11-7-9-13(10-8-11)15-12-5-3-2-4-6-12;/h2-10H,1H3;2-10H,1H3;1H4. The molecule has 0 unspecified atom stereocenters. The first-order chi connectivity index (χ1) is 15.5. The molecular formula is C27H28O4S2. The van der Waals surface area contributed by atoms with Gasteiger partial charge in [0.15, 0.2) is 0 Å². The van der Waals surface area contributed by atoms with Gasteiger partial charge in [0.1, 0.15) is 11.5 Å². The summed E-state index contributed by atoms with van der Waals surface area (Å²) in [5.74, 6) is 1.53. The third kappa shape index (κ3) is 7.41. The molecule has 0 spiro atoms. The average Bonchev–Trinajstić information content (AvgIpc) is 2.86. The molecule has 33 heavy (non-hydrogen) atoms. The Hall–Kier alpha value is -3.22. The molecule has 0 saturated carbocycles. The smallest absolute Gasteiger partial charge is 0.206 e. The average molecular weight is 481 g/mol. The van der Waals surface area contributed by atoms with Crippen molar-refractivity contribution in [2.45, 2.75) is 27.0 Å². The van der Waals surface area contributed by atoms with Crippen molar-refractivity contribution in [1.29, 1.82) is 0 Å². The number of hydrogen-bond acceptors (Lipinski definition) is 5. The van der Waals surface area contributed by atoms with E-state index in [1.165, 1.54) is 9.79 Å². The Morgan fingerprint density at radius 1 is 0.545 bits per heavy atom. The van der Waals surface area contributed by atoms with E-state index >= 15 is 0 Å². The molecule has 0 amide bonds. The minimum Gasteiger partial charge on any atom is -0.497 e. The molecule has 0 bridgehead atoms. The first-order valence-electron chi connectivity index (χ1n) is 9.84. The third-order valence-electron chi connectivity index (χ3n) is 4.46. The van der Waals surface area contributed by atoms with Crippen LogP contribution in [0.25, 0.3) is 0 Å². The Morgan fingerprint density at radius 3 is 1.42 bits per heavy atom. The van der Waals surface area contributed by atoms with Gasteiger partial charge < -0.3 is 9.47 Å². The van der Waals surface area contributed by atoms with Crippen LogP contribution < -0.4 is 9.47 Å². The van der Waals surface area contributed by atoms with Gasteiger partial charge in [-0.1, -0.05) is 55.6 Å². The molecular weight excluding hydrogens is 452 g/mol. The van der Waals surface area contributed by atoms with Crippen LogP contribution in [0.15, 0.2) is 129 Å². The van der Waals surface area contributed by atoms with Crippen molar-refractivity contribution >= 4 is 21.6 Å². The van der Waals surface area contributed by atoms with Crippen LogP contribution in [0.4, 0.5) is 0 Å². The van der Waals surface area contributed by atoms with Crippen molar-refractivity contribution < 1.29 is 17.9 Å². The third-order valence-corrected chi connectivity index (χ3v) is 7.26. The van der Waals surface area contributed by atoms with Gasteiger partial charge in [-0.25, -0.2) is 8.42 Å². The SMILES string of the molecule is C.COc1ccc(S(=O)(=O)c2ccccc2)cc1.COc1ccc(Sc2ccccc2)cc1. The van der Waals surface area contributed by atoms with Gasteiger partial charge in [0.05, 0.1) is 24.0 Å². The van der Waals surface area contributed by atoms with E-state index in [9.17, 15) is 8.42 Å². The predicted octanol–water partition coefficient (Wildman–Crippen LogP) is 7.01. The fraction of sp³-hybridized carbons (Fsp3) is 0.111. The summed E-state index contributed by atoms with van der Waals surface area (Å²) in [6, 6.07) is 33.1. The maximum atomic E-state index is 12.2. The Kier molecular flexibility index (Phi) is 10.0. The zero-order valence-corrected chi connectivity index (χ0v) is 19.5. The Labute approximate surface area is 201 Å². The molecule has 4 aromatic carbocycles. The second kappa shape index (κ2) is 12.7. The lowest BCUT2D eigenvalue weighted by atomic mass is 10.3. The normalized spacial score (nSPS) is 10.2. The minimum absolute atomic E-state index is 0. The van der Waals surface area contributed by atoms with Crippen molar-refractivity contribution in [2.24, 2.45) is 0 Å². The molecule has 0 fully saturated rings. The summed E-state index contributed by atoms with van der Waals surface area (Å²) in [5.41, 5.74) is 0. The maximum absolute atomic E-state index is 12.2.